The van der Waals surface area contributed by atoms with Crippen LogP contribution in [-0.2, 0) is 4.74 Å². The van der Waals surface area contributed by atoms with Gasteiger partial charge in [-0.2, -0.15) is 0 Å². The summed E-state index contributed by atoms with van der Waals surface area (Å²) in [4.78, 5) is 11.9. The Kier molecular flexibility index (Phi) is 4.03. The van der Waals surface area contributed by atoms with Crippen LogP contribution in [0, 0.1) is 12.3 Å². The number of hydrogen-bond acceptors (Lipinski definition) is 3. The lowest BCUT2D eigenvalue weighted by molar-refractivity contribution is 0.0156. The lowest BCUT2D eigenvalue weighted by Crippen LogP contribution is -2.29. The first kappa shape index (κ1) is 13.4. The number of terminal acetylenes is 1. The van der Waals surface area contributed by atoms with Crippen LogP contribution in [0.15, 0.2) is 41.5 Å². The summed E-state index contributed by atoms with van der Waals surface area (Å²) < 4.78 is 5.40. The molecule has 0 unspecified atom stereocenters. The van der Waals surface area contributed by atoms with Gasteiger partial charge in [0.2, 0.25) is 0 Å². The third kappa shape index (κ3) is 3.04. The largest absolute Gasteiger partial charge is 0.458 e. The fourth-order valence-electron chi connectivity index (χ4n) is 2.16. The first-order valence-corrected chi connectivity index (χ1v) is 6.22. The number of ether oxygens (including phenoxy) is 1. The molecule has 0 aromatic heterocycles. The van der Waals surface area contributed by atoms with E-state index in [1.54, 1.807) is 24.3 Å². The summed E-state index contributed by atoms with van der Waals surface area (Å²) >= 11 is 0. The van der Waals surface area contributed by atoms with Crippen LogP contribution < -0.4 is 0 Å². The summed E-state index contributed by atoms with van der Waals surface area (Å²) in [6.07, 6.45) is 5.30. The minimum absolute atomic E-state index is 0.363. The maximum Gasteiger partial charge on any atom is 0.338 e. The molecule has 98 valence electrons. The molecule has 0 saturated heterocycles. The van der Waals surface area contributed by atoms with Gasteiger partial charge in [0.25, 0.3) is 0 Å². The van der Waals surface area contributed by atoms with Crippen molar-refractivity contribution in [1.82, 2.24) is 0 Å². The maximum atomic E-state index is 11.9. The molecule has 1 aliphatic carbocycles. The van der Waals surface area contributed by atoms with Gasteiger partial charge in [0.1, 0.15) is 6.10 Å². The average Bonchev–Trinajstić information content (AvgIpc) is 2.43. The number of aliphatic hydroxyl groups excluding tert-OH is 1. The second-order valence-corrected chi connectivity index (χ2v) is 4.65. The summed E-state index contributed by atoms with van der Waals surface area (Å²) in [5.74, 6) is 2.17. The second-order valence-electron chi connectivity index (χ2n) is 4.65. The highest BCUT2D eigenvalue weighted by Gasteiger charge is 2.27. The van der Waals surface area contributed by atoms with Crippen LogP contribution in [0.4, 0.5) is 0 Å². The van der Waals surface area contributed by atoms with Gasteiger partial charge < -0.3 is 9.84 Å². The molecule has 1 aromatic carbocycles. The van der Waals surface area contributed by atoms with E-state index in [1.807, 2.05) is 13.0 Å². The van der Waals surface area contributed by atoms with Crippen LogP contribution in [0.2, 0.25) is 0 Å². The van der Waals surface area contributed by atoms with Crippen LogP contribution in [0.25, 0.3) is 0 Å². The molecular formula is C16H16O3. The summed E-state index contributed by atoms with van der Waals surface area (Å²) in [5, 5.41) is 9.89. The standard InChI is InChI=1S/C16H16O3/c1-3-12-9-14(10-15(17)11(12)2)19-16(18)13-7-5-4-6-8-13/h1,4-8,14-15,17H,9-10H2,2H3/t14-,15+/m0/s1. The van der Waals surface area contributed by atoms with Crippen molar-refractivity contribution in [2.24, 2.45) is 0 Å². The van der Waals surface area contributed by atoms with Gasteiger partial charge in [-0.25, -0.2) is 4.79 Å². The van der Waals surface area contributed by atoms with Crippen molar-refractivity contribution >= 4 is 5.97 Å². The predicted molar refractivity (Wildman–Crippen MR) is 72.4 cm³/mol. The molecule has 0 spiro atoms. The molecule has 0 fully saturated rings. The lowest BCUT2D eigenvalue weighted by atomic mass is 9.89. The maximum absolute atomic E-state index is 11.9. The zero-order valence-corrected chi connectivity index (χ0v) is 10.8. The van der Waals surface area contributed by atoms with E-state index in [0.29, 0.717) is 18.4 Å². The molecule has 2 atom stereocenters. The number of carbonyl (C=O) groups is 1. The fourth-order valence-corrected chi connectivity index (χ4v) is 2.16. The van der Waals surface area contributed by atoms with E-state index in [0.717, 1.165) is 11.1 Å². The van der Waals surface area contributed by atoms with E-state index in [1.165, 1.54) is 0 Å². The number of aliphatic hydroxyl groups is 1. The third-order valence-electron chi connectivity index (χ3n) is 3.35. The molecule has 1 aliphatic rings. The molecule has 2 rings (SSSR count). The van der Waals surface area contributed by atoms with Crippen LogP contribution in [0.1, 0.15) is 30.1 Å². The van der Waals surface area contributed by atoms with Gasteiger partial charge in [0.05, 0.1) is 11.7 Å². The summed E-state index contributed by atoms with van der Waals surface area (Å²) in [6.45, 7) is 1.81. The van der Waals surface area contributed by atoms with E-state index in [2.05, 4.69) is 5.92 Å². The van der Waals surface area contributed by atoms with Crippen LogP contribution >= 0.6 is 0 Å². The van der Waals surface area contributed by atoms with Crippen molar-refractivity contribution in [3.8, 4) is 12.3 Å². The lowest BCUT2D eigenvalue weighted by Gasteiger charge is -2.27. The monoisotopic (exact) mass is 256 g/mol. The zero-order valence-electron chi connectivity index (χ0n) is 10.8. The van der Waals surface area contributed by atoms with Crippen LogP contribution in [-0.4, -0.2) is 23.3 Å². The topological polar surface area (TPSA) is 46.5 Å². The second kappa shape index (κ2) is 5.73. The quantitative estimate of drug-likeness (QED) is 0.652. The molecule has 0 heterocycles. The van der Waals surface area contributed by atoms with Crippen molar-refractivity contribution in [3.63, 3.8) is 0 Å². The molecule has 0 amide bonds. The van der Waals surface area contributed by atoms with Crippen molar-refractivity contribution < 1.29 is 14.6 Å². The summed E-state index contributed by atoms with van der Waals surface area (Å²) in [5.41, 5.74) is 2.03. The predicted octanol–water partition coefficient (Wildman–Crippen LogP) is 2.32. The Balaban J connectivity index is 2.06. The highest BCUT2D eigenvalue weighted by atomic mass is 16.5. The molecule has 19 heavy (non-hydrogen) atoms. The highest BCUT2D eigenvalue weighted by molar-refractivity contribution is 5.89. The molecule has 0 radical (unpaired) electrons. The molecule has 3 nitrogen and oxygen atoms in total. The Morgan fingerprint density at radius 3 is 2.74 bits per heavy atom. The van der Waals surface area contributed by atoms with E-state index in [4.69, 9.17) is 11.2 Å². The van der Waals surface area contributed by atoms with E-state index < -0.39 is 6.10 Å². The number of rotatable bonds is 2. The Morgan fingerprint density at radius 2 is 2.11 bits per heavy atom. The fraction of sp³-hybridized carbons (Fsp3) is 0.312. The Hall–Kier alpha value is -2.05. The molecule has 1 N–H and O–H groups in total. The van der Waals surface area contributed by atoms with Gasteiger partial charge in [-0.05, 0) is 24.6 Å². The Morgan fingerprint density at radius 1 is 1.42 bits per heavy atom. The molecule has 0 aliphatic heterocycles. The number of benzene rings is 1. The summed E-state index contributed by atoms with van der Waals surface area (Å²) in [7, 11) is 0. The van der Waals surface area contributed by atoms with Crippen molar-refractivity contribution in [1.29, 1.82) is 0 Å². The van der Waals surface area contributed by atoms with Crippen molar-refractivity contribution in [2.45, 2.75) is 32.0 Å². The number of hydrogen-bond donors (Lipinski definition) is 1. The highest BCUT2D eigenvalue weighted by Crippen LogP contribution is 2.27. The first-order chi connectivity index (χ1) is 9.11. The van der Waals surface area contributed by atoms with E-state index in [-0.39, 0.29) is 12.1 Å². The van der Waals surface area contributed by atoms with E-state index in [9.17, 15) is 9.90 Å². The van der Waals surface area contributed by atoms with Crippen molar-refractivity contribution in [3.05, 3.63) is 47.0 Å². The van der Waals surface area contributed by atoms with Crippen LogP contribution in [0.5, 0.6) is 0 Å². The van der Waals surface area contributed by atoms with Gasteiger partial charge in [-0.1, -0.05) is 24.1 Å². The third-order valence-corrected chi connectivity index (χ3v) is 3.35. The Bertz CT molecular complexity index is 537. The molecule has 0 saturated carbocycles. The minimum Gasteiger partial charge on any atom is -0.458 e. The molecule has 1 aromatic rings. The van der Waals surface area contributed by atoms with E-state index >= 15 is 0 Å². The normalized spacial score (nSPS) is 22.8. The van der Waals surface area contributed by atoms with Crippen LogP contribution in [0.3, 0.4) is 0 Å². The van der Waals surface area contributed by atoms with Gasteiger partial charge in [-0.3, -0.25) is 0 Å². The molecule has 0 bridgehead atoms. The smallest absolute Gasteiger partial charge is 0.338 e. The average molecular weight is 256 g/mol. The van der Waals surface area contributed by atoms with Gasteiger partial charge in [-0.15, -0.1) is 6.42 Å². The zero-order chi connectivity index (χ0) is 13.8. The van der Waals surface area contributed by atoms with Gasteiger partial charge in [0.15, 0.2) is 0 Å². The first-order valence-electron chi connectivity index (χ1n) is 6.22. The minimum atomic E-state index is -0.631. The number of carbonyl (C=O) groups excluding carboxylic acids is 1. The number of esters is 1. The van der Waals surface area contributed by atoms with Gasteiger partial charge in [0, 0.05) is 18.4 Å². The SMILES string of the molecule is C#CC1=C(C)[C@H](O)C[C@@H](OC(=O)c2ccccc2)C1. The molecule has 3 heteroatoms. The molecular weight excluding hydrogens is 240 g/mol. The van der Waals surface area contributed by atoms with Gasteiger partial charge >= 0.3 is 5.97 Å². The Labute approximate surface area is 112 Å². The van der Waals surface area contributed by atoms with Crippen molar-refractivity contribution in [2.75, 3.05) is 0 Å². The summed E-state index contributed by atoms with van der Waals surface area (Å²) in [6, 6.07) is 8.80.